The van der Waals surface area contributed by atoms with Gasteiger partial charge in [-0.05, 0) is 76.2 Å². The van der Waals surface area contributed by atoms with E-state index in [2.05, 4.69) is 22.4 Å². The van der Waals surface area contributed by atoms with Crippen LogP contribution in [0.3, 0.4) is 0 Å². The first kappa shape index (κ1) is 18.7. The predicted octanol–water partition coefficient (Wildman–Crippen LogP) is 3.01. The van der Waals surface area contributed by atoms with Crippen LogP contribution in [0.15, 0.2) is 24.4 Å². The number of halogens is 1. The van der Waals surface area contributed by atoms with Crippen LogP contribution in [0.25, 0.3) is 0 Å². The lowest BCUT2D eigenvalue weighted by Crippen LogP contribution is -2.43. The Morgan fingerprint density at radius 2 is 1.96 bits per heavy atom. The van der Waals surface area contributed by atoms with Gasteiger partial charge in [-0.15, -0.1) is 0 Å². The number of benzene rings is 1. The first-order valence-electron chi connectivity index (χ1n) is 8.85. The van der Waals surface area contributed by atoms with Crippen LogP contribution < -0.4 is 10.1 Å². The number of ether oxygens (including phenoxy) is 1. The third kappa shape index (κ3) is 4.56. The fraction of sp³-hybridized carbons (Fsp3) is 0.474. The average molecular weight is 377 g/mol. The number of hydrogen-bond donors (Lipinski definition) is 1. The molecular formula is C19H25ClN4O2. The number of rotatable bonds is 5. The number of piperidine rings is 1. The van der Waals surface area contributed by atoms with E-state index in [1.54, 1.807) is 16.9 Å². The largest absolute Gasteiger partial charge is 0.471 e. The lowest BCUT2D eigenvalue weighted by Gasteiger charge is -2.29. The summed E-state index contributed by atoms with van der Waals surface area (Å²) in [7, 11) is 2.10. The Bertz CT molecular complexity index is 759. The summed E-state index contributed by atoms with van der Waals surface area (Å²) in [6.07, 6.45) is 3.70. The quantitative estimate of drug-likeness (QED) is 0.871. The van der Waals surface area contributed by atoms with Crippen molar-refractivity contribution in [3.8, 4) is 5.75 Å². The molecule has 6 nitrogen and oxygen atoms in total. The molecular weight excluding hydrogens is 352 g/mol. The molecule has 140 valence electrons. The molecule has 0 aliphatic carbocycles. The fourth-order valence-electron chi connectivity index (χ4n) is 3.10. The van der Waals surface area contributed by atoms with E-state index in [0.29, 0.717) is 5.69 Å². The number of amides is 1. The summed E-state index contributed by atoms with van der Waals surface area (Å²) >= 11 is 6.17. The van der Waals surface area contributed by atoms with Crippen molar-refractivity contribution >= 4 is 17.5 Å². The maximum Gasteiger partial charge on any atom is 0.271 e. The molecule has 1 aliphatic rings. The molecule has 26 heavy (non-hydrogen) atoms. The smallest absolute Gasteiger partial charge is 0.271 e. The summed E-state index contributed by atoms with van der Waals surface area (Å²) in [4.78, 5) is 14.6. The molecule has 1 amide bonds. The summed E-state index contributed by atoms with van der Waals surface area (Å²) in [5, 5.41) is 8.13. The summed E-state index contributed by atoms with van der Waals surface area (Å²) in [5.41, 5.74) is 2.36. The van der Waals surface area contributed by atoms with Gasteiger partial charge in [0, 0.05) is 17.3 Å². The minimum Gasteiger partial charge on any atom is -0.471 e. The van der Waals surface area contributed by atoms with Crippen molar-refractivity contribution in [2.24, 2.45) is 0 Å². The maximum absolute atomic E-state index is 12.4. The van der Waals surface area contributed by atoms with Gasteiger partial charge in [-0.3, -0.25) is 4.79 Å². The van der Waals surface area contributed by atoms with Gasteiger partial charge in [0.1, 0.15) is 11.4 Å². The molecule has 0 unspecified atom stereocenters. The van der Waals surface area contributed by atoms with Gasteiger partial charge in [-0.2, -0.15) is 5.10 Å². The van der Waals surface area contributed by atoms with E-state index in [1.807, 2.05) is 26.0 Å². The van der Waals surface area contributed by atoms with Gasteiger partial charge < -0.3 is 15.0 Å². The molecule has 1 aromatic carbocycles. The standard InChI is InChI=1S/C19H25ClN4O2/c1-13-10-16(11-14(2)18(13)20)26-12-24-9-6-17(22-24)19(25)21-15-4-7-23(3)8-5-15/h6,9-11,15H,4-5,7-8,12H2,1-3H3,(H,21,25). The number of nitrogens with one attached hydrogen (secondary N) is 1. The van der Waals surface area contributed by atoms with E-state index in [4.69, 9.17) is 16.3 Å². The molecule has 7 heteroatoms. The molecule has 1 fully saturated rings. The number of nitrogens with zero attached hydrogens (tertiary/aromatic N) is 3. The number of aromatic nitrogens is 2. The zero-order valence-electron chi connectivity index (χ0n) is 15.5. The number of likely N-dealkylation sites (tertiary alicyclic amines) is 1. The highest BCUT2D eigenvalue weighted by molar-refractivity contribution is 6.32. The number of carbonyl (C=O) groups is 1. The fourth-order valence-corrected chi connectivity index (χ4v) is 3.21. The minimum atomic E-state index is -0.128. The van der Waals surface area contributed by atoms with E-state index in [-0.39, 0.29) is 18.7 Å². The molecule has 2 heterocycles. The highest BCUT2D eigenvalue weighted by Gasteiger charge is 2.20. The van der Waals surface area contributed by atoms with E-state index < -0.39 is 0 Å². The van der Waals surface area contributed by atoms with Crippen molar-refractivity contribution in [2.75, 3.05) is 20.1 Å². The Labute approximate surface area is 159 Å². The SMILES string of the molecule is Cc1cc(OCn2ccc(C(=O)NC3CCN(C)CC3)n2)cc(C)c1Cl. The van der Waals surface area contributed by atoms with E-state index in [9.17, 15) is 4.79 Å². The van der Waals surface area contributed by atoms with Gasteiger partial charge in [-0.25, -0.2) is 4.68 Å². The van der Waals surface area contributed by atoms with Crippen LogP contribution in [0.1, 0.15) is 34.5 Å². The van der Waals surface area contributed by atoms with Crippen molar-refractivity contribution in [3.05, 3.63) is 46.2 Å². The lowest BCUT2D eigenvalue weighted by atomic mass is 10.1. The average Bonchev–Trinajstić information content (AvgIpc) is 3.09. The Morgan fingerprint density at radius 3 is 2.62 bits per heavy atom. The van der Waals surface area contributed by atoms with Crippen LogP contribution in [-0.4, -0.2) is 46.8 Å². The van der Waals surface area contributed by atoms with Gasteiger partial charge in [-0.1, -0.05) is 11.6 Å². The number of aryl methyl sites for hydroxylation is 2. The molecule has 1 aliphatic heterocycles. The first-order chi connectivity index (χ1) is 12.4. The van der Waals surface area contributed by atoms with Gasteiger partial charge in [0.2, 0.25) is 0 Å². The zero-order valence-corrected chi connectivity index (χ0v) is 16.2. The molecule has 0 saturated carbocycles. The van der Waals surface area contributed by atoms with Crippen LogP contribution in [0.4, 0.5) is 0 Å². The summed E-state index contributed by atoms with van der Waals surface area (Å²) in [6.45, 7) is 6.14. The van der Waals surface area contributed by atoms with Crippen LogP contribution in [-0.2, 0) is 6.73 Å². The third-order valence-electron chi connectivity index (χ3n) is 4.70. The lowest BCUT2D eigenvalue weighted by molar-refractivity contribution is 0.0909. The molecule has 2 aromatic rings. The van der Waals surface area contributed by atoms with Crippen molar-refractivity contribution in [1.29, 1.82) is 0 Å². The third-order valence-corrected chi connectivity index (χ3v) is 5.30. The molecule has 1 N–H and O–H groups in total. The van der Waals surface area contributed by atoms with Crippen molar-refractivity contribution < 1.29 is 9.53 Å². The monoisotopic (exact) mass is 376 g/mol. The second-order valence-corrected chi connectivity index (χ2v) is 7.31. The normalized spacial score (nSPS) is 15.8. The Hall–Kier alpha value is -2.05. The van der Waals surface area contributed by atoms with Crippen LogP contribution in [0.2, 0.25) is 5.02 Å². The Kier molecular flexibility index (Phi) is 5.84. The summed E-state index contributed by atoms with van der Waals surface area (Å²) in [6, 6.07) is 5.73. The van der Waals surface area contributed by atoms with E-state index in [0.717, 1.165) is 47.8 Å². The molecule has 1 aromatic heterocycles. The van der Waals surface area contributed by atoms with Crippen molar-refractivity contribution in [1.82, 2.24) is 20.0 Å². The highest BCUT2D eigenvalue weighted by atomic mass is 35.5. The van der Waals surface area contributed by atoms with Crippen molar-refractivity contribution in [2.45, 2.75) is 39.5 Å². The topological polar surface area (TPSA) is 59.4 Å². The predicted molar refractivity (Wildman–Crippen MR) is 102 cm³/mol. The summed E-state index contributed by atoms with van der Waals surface area (Å²) in [5.74, 6) is 0.605. The molecule has 0 atom stereocenters. The second kappa shape index (κ2) is 8.10. The van der Waals surface area contributed by atoms with Crippen molar-refractivity contribution in [3.63, 3.8) is 0 Å². The second-order valence-electron chi connectivity index (χ2n) is 6.94. The molecule has 0 radical (unpaired) electrons. The van der Waals surface area contributed by atoms with Gasteiger partial charge in [0.05, 0.1) is 0 Å². The number of hydrogen-bond acceptors (Lipinski definition) is 4. The number of carbonyl (C=O) groups excluding carboxylic acids is 1. The maximum atomic E-state index is 12.4. The summed E-state index contributed by atoms with van der Waals surface area (Å²) < 4.78 is 7.38. The van der Waals surface area contributed by atoms with Crippen LogP contribution in [0, 0.1) is 13.8 Å². The Balaban J connectivity index is 1.55. The molecule has 0 bridgehead atoms. The van der Waals surface area contributed by atoms with Crippen LogP contribution in [0.5, 0.6) is 5.75 Å². The minimum absolute atomic E-state index is 0.128. The first-order valence-corrected chi connectivity index (χ1v) is 9.22. The van der Waals surface area contributed by atoms with Gasteiger partial charge in [0.25, 0.3) is 5.91 Å². The molecule has 3 rings (SSSR count). The highest BCUT2D eigenvalue weighted by Crippen LogP contribution is 2.26. The molecule has 0 spiro atoms. The zero-order chi connectivity index (χ0) is 18.7. The van der Waals surface area contributed by atoms with Crippen LogP contribution >= 0.6 is 11.6 Å². The molecule has 1 saturated heterocycles. The Morgan fingerprint density at radius 1 is 1.31 bits per heavy atom. The van der Waals surface area contributed by atoms with Gasteiger partial charge in [0.15, 0.2) is 6.73 Å². The van der Waals surface area contributed by atoms with Gasteiger partial charge >= 0.3 is 0 Å². The van der Waals surface area contributed by atoms with E-state index >= 15 is 0 Å². The van der Waals surface area contributed by atoms with E-state index in [1.165, 1.54) is 0 Å².